The average molecular weight is 362 g/mol. The van der Waals surface area contributed by atoms with Crippen molar-refractivity contribution >= 4 is 17.8 Å². The minimum Gasteiger partial charge on any atom is -0.343 e. The van der Waals surface area contributed by atoms with Gasteiger partial charge in [0, 0.05) is 33.1 Å². The summed E-state index contributed by atoms with van der Waals surface area (Å²) in [7, 11) is 1.93. The molecule has 1 N–H and O–H groups in total. The number of nitrogens with zero attached hydrogens (tertiary/aromatic N) is 5. The molecule has 1 aromatic heterocycles. The van der Waals surface area contributed by atoms with E-state index >= 15 is 0 Å². The summed E-state index contributed by atoms with van der Waals surface area (Å²) in [6.45, 7) is 3.65. The van der Waals surface area contributed by atoms with E-state index in [0.29, 0.717) is 32.0 Å². The van der Waals surface area contributed by atoms with Crippen molar-refractivity contribution in [2.24, 2.45) is 13.0 Å². The Bertz CT molecular complexity index is 680. The second-order valence-corrected chi connectivity index (χ2v) is 7.08. The quantitative estimate of drug-likeness (QED) is 0.735. The summed E-state index contributed by atoms with van der Waals surface area (Å²) in [6.07, 6.45) is 5.12. The number of likely N-dealkylation sites (tertiary alicyclic amines) is 1. The van der Waals surface area contributed by atoms with Gasteiger partial charge in [-0.2, -0.15) is 0 Å². The van der Waals surface area contributed by atoms with Gasteiger partial charge in [0.2, 0.25) is 5.91 Å². The fourth-order valence-electron chi connectivity index (χ4n) is 3.59. The third kappa shape index (κ3) is 3.86. The van der Waals surface area contributed by atoms with Crippen LogP contribution in [0.5, 0.6) is 0 Å². The number of hydrogen-bond donors (Lipinski definition) is 1. The molecular weight excluding hydrogens is 336 g/mol. The predicted molar refractivity (Wildman–Crippen MR) is 93.0 cm³/mol. The maximum atomic E-state index is 12.5. The number of aromatic nitrogens is 3. The van der Waals surface area contributed by atoms with Gasteiger partial charge in [0.05, 0.1) is 6.42 Å². The predicted octanol–water partition coefficient (Wildman–Crippen LogP) is 0.317. The van der Waals surface area contributed by atoms with Crippen LogP contribution in [0.3, 0.4) is 0 Å². The van der Waals surface area contributed by atoms with Crippen molar-refractivity contribution in [1.82, 2.24) is 29.9 Å². The van der Waals surface area contributed by atoms with Crippen LogP contribution in [0.4, 0.5) is 4.79 Å². The molecule has 1 unspecified atom stereocenters. The molecule has 2 fully saturated rings. The molecule has 0 saturated carbocycles. The van der Waals surface area contributed by atoms with Gasteiger partial charge in [-0.3, -0.25) is 14.5 Å². The fraction of sp³-hybridized carbons (Fsp3) is 0.706. The van der Waals surface area contributed by atoms with Crippen LogP contribution < -0.4 is 5.32 Å². The van der Waals surface area contributed by atoms with Gasteiger partial charge < -0.3 is 14.8 Å². The Balaban J connectivity index is 1.47. The third-order valence-corrected chi connectivity index (χ3v) is 5.18. The molecule has 1 atom stereocenters. The lowest BCUT2D eigenvalue weighted by Crippen LogP contribution is -2.43. The molecule has 9 heteroatoms. The fourth-order valence-corrected chi connectivity index (χ4v) is 3.59. The van der Waals surface area contributed by atoms with E-state index in [-0.39, 0.29) is 18.2 Å². The molecule has 9 nitrogen and oxygen atoms in total. The molecule has 2 saturated heterocycles. The SMILES string of the molecule is CCCN1C(=O)NC(CC(=O)N2CCC(Cc3nncn3C)CC2)C1=O. The Labute approximate surface area is 152 Å². The van der Waals surface area contributed by atoms with Crippen molar-refractivity contribution in [3.05, 3.63) is 12.2 Å². The van der Waals surface area contributed by atoms with E-state index in [0.717, 1.165) is 25.1 Å². The maximum Gasteiger partial charge on any atom is 0.324 e. The molecule has 4 amide bonds. The first-order valence-corrected chi connectivity index (χ1v) is 9.22. The highest BCUT2D eigenvalue weighted by molar-refractivity contribution is 6.05. The van der Waals surface area contributed by atoms with E-state index in [2.05, 4.69) is 15.5 Å². The highest BCUT2D eigenvalue weighted by atomic mass is 16.2. The van der Waals surface area contributed by atoms with Crippen molar-refractivity contribution in [3.63, 3.8) is 0 Å². The minimum absolute atomic E-state index is 0.0404. The number of aryl methyl sites for hydroxylation is 1. The van der Waals surface area contributed by atoms with Crippen LogP contribution in [0.2, 0.25) is 0 Å². The van der Waals surface area contributed by atoms with Gasteiger partial charge in [-0.25, -0.2) is 4.79 Å². The number of rotatable bonds is 6. The molecule has 0 spiro atoms. The van der Waals surface area contributed by atoms with Gasteiger partial charge in [-0.1, -0.05) is 6.92 Å². The van der Waals surface area contributed by atoms with Crippen LogP contribution in [0.1, 0.15) is 38.4 Å². The smallest absolute Gasteiger partial charge is 0.324 e. The van der Waals surface area contributed by atoms with Gasteiger partial charge in [0.1, 0.15) is 18.2 Å². The molecule has 142 valence electrons. The second-order valence-electron chi connectivity index (χ2n) is 7.08. The number of hydrogen-bond acceptors (Lipinski definition) is 5. The summed E-state index contributed by atoms with van der Waals surface area (Å²) >= 11 is 0. The molecule has 0 aromatic carbocycles. The maximum absolute atomic E-state index is 12.5. The van der Waals surface area contributed by atoms with Gasteiger partial charge in [0.25, 0.3) is 5.91 Å². The van der Waals surface area contributed by atoms with E-state index in [1.165, 1.54) is 4.90 Å². The summed E-state index contributed by atoms with van der Waals surface area (Å²) in [4.78, 5) is 39.6. The lowest BCUT2D eigenvalue weighted by Gasteiger charge is -2.32. The standard InChI is InChI=1S/C17H26N6O3/c1-3-6-23-16(25)13(19-17(23)26)10-15(24)22-7-4-12(5-8-22)9-14-20-18-11-21(14)2/h11-13H,3-10H2,1-2H3,(H,19,26). The third-order valence-electron chi connectivity index (χ3n) is 5.18. The zero-order valence-electron chi connectivity index (χ0n) is 15.3. The normalized spacial score (nSPS) is 21.4. The van der Waals surface area contributed by atoms with Crippen LogP contribution in [0.15, 0.2) is 6.33 Å². The number of carbonyl (C=O) groups is 3. The number of amides is 4. The lowest BCUT2D eigenvalue weighted by atomic mass is 9.93. The molecule has 0 aliphatic carbocycles. The Morgan fingerprint density at radius 2 is 2.04 bits per heavy atom. The highest BCUT2D eigenvalue weighted by Crippen LogP contribution is 2.22. The summed E-state index contributed by atoms with van der Waals surface area (Å²) in [6, 6.07) is -1.12. The molecule has 3 rings (SSSR count). The van der Waals surface area contributed by atoms with Crippen LogP contribution in [-0.2, 0) is 23.1 Å². The number of urea groups is 1. The van der Waals surface area contributed by atoms with Crippen molar-refractivity contribution in [2.75, 3.05) is 19.6 Å². The first-order valence-electron chi connectivity index (χ1n) is 9.22. The number of nitrogens with one attached hydrogen (secondary N) is 1. The molecular formula is C17H26N6O3. The molecule has 0 bridgehead atoms. The van der Waals surface area contributed by atoms with Gasteiger partial charge in [-0.15, -0.1) is 10.2 Å². The van der Waals surface area contributed by atoms with Crippen molar-refractivity contribution < 1.29 is 14.4 Å². The van der Waals surface area contributed by atoms with Crippen molar-refractivity contribution in [2.45, 2.75) is 45.1 Å². The van der Waals surface area contributed by atoms with E-state index < -0.39 is 12.1 Å². The first-order chi connectivity index (χ1) is 12.5. The van der Waals surface area contributed by atoms with E-state index in [9.17, 15) is 14.4 Å². The summed E-state index contributed by atoms with van der Waals surface area (Å²) in [5, 5.41) is 10.6. The molecule has 0 radical (unpaired) electrons. The average Bonchev–Trinajstić information content (AvgIpc) is 3.14. The summed E-state index contributed by atoms with van der Waals surface area (Å²) in [5.74, 6) is 1.08. The summed E-state index contributed by atoms with van der Waals surface area (Å²) in [5.41, 5.74) is 0. The van der Waals surface area contributed by atoms with Crippen LogP contribution >= 0.6 is 0 Å². The molecule has 2 aliphatic rings. The Morgan fingerprint density at radius 3 is 2.65 bits per heavy atom. The van der Waals surface area contributed by atoms with Crippen molar-refractivity contribution in [1.29, 1.82) is 0 Å². The zero-order valence-corrected chi connectivity index (χ0v) is 15.3. The van der Waals surface area contributed by atoms with Crippen LogP contribution in [0.25, 0.3) is 0 Å². The molecule has 26 heavy (non-hydrogen) atoms. The highest BCUT2D eigenvalue weighted by Gasteiger charge is 2.39. The Kier molecular flexibility index (Phi) is 5.53. The van der Waals surface area contributed by atoms with Crippen LogP contribution in [-0.4, -0.2) is 68.1 Å². The largest absolute Gasteiger partial charge is 0.343 e. The van der Waals surface area contributed by atoms with Crippen molar-refractivity contribution in [3.8, 4) is 0 Å². The number of piperidine rings is 1. The monoisotopic (exact) mass is 362 g/mol. The van der Waals surface area contributed by atoms with E-state index in [1.807, 2.05) is 18.5 Å². The minimum atomic E-state index is -0.724. The Morgan fingerprint density at radius 1 is 1.31 bits per heavy atom. The van der Waals surface area contributed by atoms with E-state index in [1.54, 1.807) is 11.2 Å². The second kappa shape index (κ2) is 7.84. The first kappa shape index (κ1) is 18.3. The topological polar surface area (TPSA) is 100 Å². The zero-order chi connectivity index (χ0) is 18.7. The van der Waals surface area contributed by atoms with Crippen LogP contribution in [0, 0.1) is 5.92 Å². The number of carbonyl (C=O) groups excluding carboxylic acids is 3. The lowest BCUT2D eigenvalue weighted by molar-refractivity contribution is -0.136. The molecule has 3 heterocycles. The number of imide groups is 1. The van der Waals surface area contributed by atoms with Gasteiger partial charge in [-0.05, 0) is 25.2 Å². The van der Waals surface area contributed by atoms with Gasteiger partial charge >= 0.3 is 6.03 Å². The molecule has 2 aliphatic heterocycles. The van der Waals surface area contributed by atoms with E-state index in [4.69, 9.17) is 0 Å². The molecule has 1 aromatic rings. The Hall–Kier alpha value is -2.45. The van der Waals surface area contributed by atoms with Gasteiger partial charge in [0.15, 0.2) is 0 Å². The summed E-state index contributed by atoms with van der Waals surface area (Å²) < 4.78 is 1.92.